The van der Waals surface area contributed by atoms with Gasteiger partial charge in [-0.15, -0.1) is 11.3 Å². The highest BCUT2D eigenvalue weighted by Gasteiger charge is 2.35. The van der Waals surface area contributed by atoms with Crippen LogP contribution in [0.2, 0.25) is 0 Å². The number of rotatable bonds is 5. The first-order valence-electron chi connectivity index (χ1n) is 10.8. The predicted octanol–water partition coefficient (Wildman–Crippen LogP) is 5.50. The number of nitrogens with zero attached hydrogens (tertiary/aromatic N) is 4. The SMILES string of the molecule is Cc1nc2cccc(C(=O)[N+](=S)[C@H]3CC[C@@H](Nc4cccc5nc(C(F)F)cn45)CC3)c2s1. The van der Waals surface area contributed by atoms with Gasteiger partial charge in [0, 0.05) is 25.1 Å². The maximum absolute atomic E-state index is 13.2. The van der Waals surface area contributed by atoms with Crippen molar-refractivity contribution in [2.75, 3.05) is 5.32 Å². The lowest BCUT2D eigenvalue weighted by molar-refractivity contribution is -0.448. The Balaban J connectivity index is 1.26. The van der Waals surface area contributed by atoms with Crippen molar-refractivity contribution in [1.82, 2.24) is 14.4 Å². The molecule has 1 aliphatic rings. The van der Waals surface area contributed by atoms with Crippen molar-refractivity contribution < 1.29 is 17.5 Å². The van der Waals surface area contributed by atoms with Crippen molar-refractivity contribution in [1.29, 1.82) is 0 Å². The highest BCUT2D eigenvalue weighted by atomic mass is 32.1. The van der Waals surface area contributed by atoms with Crippen molar-refractivity contribution in [3.8, 4) is 0 Å². The third kappa shape index (κ3) is 4.24. The molecule has 33 heavy (non-hydrogen) atoms. The van der Waals surface area contributed by atoms with Crippen LogP contribution in [0.25, 0.3) is 15.9 Å². The van der Waals surface area contributed by atoms with Gasteiger partial charge in [-0.3, -0.25) is 4.40 Å². The van der Waals surface area contributed by atoms with Gasteiger partial charge >= 0.3 is 5.91 Å². The number of amides is 1. The van der Waals surface area contributed by atoms with Crippen LogP contribution in [0, 0.1) is 6.92 Å². The molecule has 3 aromatic heterocycles. The van der Waals surface area contributed by atoms with Crippen LogP contribution in [0.15, 0.2) is 42.6 Å². The third-order valence-corrected chi connectivity index (χ3v) is 7.55. The Morgan fingerprint density at radius 1 is 1.18 bits per heavy atom. The molecule has 0 unspecified atom stereocenters. The molecule has 6 nitrogen and oxygen atoms in total. The van der Waals surface area contributed by atoms with E-state index in [4.69, 9.17) is 12.4 Å². The van der Waals surface area contributed by atoms with Gasteiger partial charge in [-0.1, -0.05) is 16.1 Å². The number of pyridine rings is 1. The highest BCUT2D eigenvalue weighted by Crippen LogP contribution is 2.29. The Kier molecular flexibility index (Phi) is 5.88. The molecule has 1 aromatic carbocycles. The molecule has 3 heterocycles. The fraction of sp³-hybridized carbons (Fsp3) is 0.348. The van der Waals surface area contributed by atoms with Gasteiger partial charge in [0.05, 0.1) is 15.2 Å². The van der Waals surface area contributed by atoms with E-state index in [1.54, 1.807) is 16.5 Å². The van der Waals surface area contributed by atoms with Crippen LogP contribution in [0.4, 0.5) is 14.6 Å². The minimum Gasteiger partial charge on any atom is -0.368 e. The van der Waals surface area contributed by atoms with E-state index in [0.29, 0.717) is 11.2 Å². The number of imidazole rings is 1. The number of aromatic nitrogens is 3. The second-order valence-corrected chi connectivity index (χ2v) is 9.87. The Bertz CT molecular complexity index is 1360. The van der Waals surface area contributed by atoms with Gasteiger partial charge in [0.1, 0.15) is 22.7 Å². The fourth-order valence-electron chi connectivity index (χ4n) is 4.43. The molecule has 0 radical (unpaired) electrons. The van der Waals surface area contributed by atoms with Crippen molar-refractivity contribution >= 4 is 51.4 Å². The van der Waals surface area contributed by atoms with E-state index in [0.717, 1.165) is 46.7 Å². The van der Waals surface area contributed by atoms with Crippen molar-refractivity contribution in [2.45, 2.75) is 51.1 Å². The Morgan fingerprint density at radius 3 is 2.70 bits per heavy atom. The quantitative estimate of drug-likeness (QED) is 0.378. The summed E-state index contributed by atoms with van der Waals surface area (Å²) < 4.78 is 30.1. The standard InChI is InChI=1S/C23H22F2N5OS2/c1-13-26-17-5-2-4-16(21(17)33-13)23(31)30(32)15-10-8-14(9-11-15)27-19-6-3-7-20-28-18(22(24)25)12-29(19)20/h2-7,12,14-15,22,27H,8-11H2,1H3/q+1/t14-,15+. The van der Waals surface area contributed by atoms with Crippen molar-refractivity contribution in [3.63, 3.8) is 0 Å². The molecule has 0 bridgehead atoms. The average Bonchev–Trinajstić information content (AvgIpc) is 3.42. The summed E-state index contributed by atoms with van der Waals surface area (Å²) in [6, 6.07) is 11.1. The summed E-state index contributed by atoms with van der Waals surface area (Å²) in [6.45, 7) is 1.93. The Hall–Kier alpha value is -2.85. The van der Waals surface area contributed by atoms with E-state index in [9.17, 15) is 13.6 Å². The number of thiazole rings is 1. The van der Waals surface area contributed by atoms with Gasteiger partial charge < -0.3 is 5.32 Å². The largest absolute Gasteiger partial charge is 0.434 e. The molecule has 1 N–H and O–H groups in total. The van der Waals surface area contributed by atoms with Gasteiger partial charge in [-0.2, -0.15) is 0 Å². The minimum atomic E-state index is -2.61. The molecule has 1 amide bonds. The van der Waals surface area contributed by atoms with Crippen molar-refractivity contribution in [2.24, 2.45) is 0 Å². The monoisotopic (exact) mass is 486 g/mol. The van der Waals surface area contributed by atoms with E-state index in [1.165, 1.54) is 21.5 Å². The lowest BCUT2D eigenvalue weighted by atomic mass is 9.91. The second kappa shape index (κ2) is 8.83. The molecule has 0 saturated heterocycles. The number of hydrogen-bond acceptors (Lipinski definition) is 6. The molecule has 1 fully saturated rings. The molecule has 1 aliphatic carbocycles. The summed E-state index contributed by atoms with van der Waals surface area (Å²) in [6.07, 6.45) is 1.95. The summed E-state index contributed by atoms with van der Waals surface area (Å²) in [5.74, 6) is 0.576. The van der Waals surface area contributed by atoms with E-state index in [-0.39, 0.29) is 23.7 Å². The van der Waals surface area contributed by atoms with E-state index < -0.39 is 6.43 Å². The number of fused-ring (bicyclic) bond motifs is 2. The molecular weight excluding hydrogens is 464 g/mol. The third-order valence-electron chi connectivity index (χ3n) is 6.07. The number of carbonyl (C=O) groups excluding carboxylic acids is 1. The summed E-state index contributed by atoms with van der Waals surface area (Å²) >= 11 is 7.06. The fourth-order valence-corrected chi connectivity index (χ4v) is 5.66. The summed E-state index contributed by atoms with van der Waals surface area (Å²) in [7, 11) is 0. The second-order valence-electron chi connectivity index (χ2n) is 8.27. The highest BCUT2D eigenvalue weighted by molar-refractivity contribution is 7.44. The molecule has 170 valence electrons. The minimum absolute atomic E-state index is 0.0238. The number of aryl methyl sites for hydroxylation is 1. The van der Waals surface area contributed by atoms with E-state index >= 15 is 0 Å². The van der Waals surface area contributed by atoms with Gasteiger partial charge in [0.15, 0.2) is 6.04 Å². The summed E-state index contributed by atoms with van der Waals surface area (Å²) in [5.41, 5.74) is 1.68. The van der Waals surface area contributed by atoms with E-state index in [1.807, 2.05) is 31.2 Å². The molecule has 0 spiro atoms. The van der Waals surface area contributed by atoms with Crippen LogP contribution in [-0.2, 0) is 12.4 Å². The lowest BCUT2D eigenvalue weighted by Crippen LogP contribution is -2.37. The topological polar surface area (TPSA) is 62.3 Å². The van der Waals surface area contributed by atoms with Crippen molar-refractivity contribution in [3.05, 3.63) is 58.9 Å². The van der Waals surface area contributed by atoms with Crippen LogP contribution >= 0.6 is 11.3 Å². The lowest BCUT2D eigenvalue weighted by Gasteiger charge is -2.26. The van der Waals surface area contributed by atoms with Crippen LogP contribution in [0.3, 0.4) is 0 Å². The molecule has 1 saturated carbocycles. The smallest absolute Gasteiger partial charge is 0.368 e. The van der Waals surface area contributed by atoms with E-state index in [2.05, 4.69) is 15.3 Å². The summed E-state index contributed by atoms with van der Waals surface area (Å²) in [4.78, 5) is 21.6. The molecule has 0 aliphatic heterocycles. The number of nitrogens with one attached hydrogen (secondary N) is 1. The van der Waals surface area contributed by atoms with Crippen LogP contribution in [0.1, 0.15) is 53.2 Å². The first kappa shape index (κ1) is 22.0. The predicted molar refractivity (Wildman–Crippen MR) is 126 cm³/mol. The maximum atomic E-state index is 13.2. The summed E-state index contributed by atoms with van der Waals surface area (Å²) in [5, 5.41) is 4.38. The van der Waals surface area contributed by atoms with Crippen LogP contribution in [0.5, 0.6) is 0 Å². The normalized spacial score (nSPS) is 18.8. The molecule has 5 rings (SSSR count). The van der Waals surface area contributed by atoms with Gasteiger partial charge in [-0.05, 0) is 44.0 Å². The first-order chi connectivity index (χ1) is 15.9. The number of alkyl halides is 2. The zero-order valence-electron chi connectivity index (χ0n) is 17.9. The van der Waals surface area contributed by atoms with Gasteiger partial charge in [-0.25, -0.2) is 23.5 Å². The van der Waals surface area contributed by atoms with Gasteiger partial charge in [0.2, 0.25) is 0 Å². The average molecular weight is 487 g/mol. The Labute approximate surface area is 198 Å². The zero-order chi connectivity index (χ0) is 23.1. The number of hydrogen-bond donors (Lipinski definition) is 1. The van der Waals surface area contributed by atoms with Gasteiger partial charge in [0.25, 0.3) is 18.9 Å². The number of halogens is 2. The molecular formula is C23H22F2N5OS2+. The zero-order valence-corrected chi connectivity index (χ0v) is 19.5. The van der Waals surface area contributed by atoms with Crippen LogP contribution < -0.4 is 5.32 Å². The first-order valence-corrected chi connectivity index (χ1v) is 12.0. The number of benzene rings is 1. The maximum Gasteiger partial charge on any atom is 0.434 e. The molecule has 4 aromatic rings. The number of carbonyl (C=O) groups is 1. The molecule has 10 heteroatoms. The molecule has 0 atom stereocenters. The number of anilines is 1. The van der Waals surface area contributed by atoms with Crippen LogP contribution in [-0.4, -0.2) is 36.3 Å². The Morgan fingerprint density at radius 2 is 1.94 bits per heavy atom.